The number of carbonyl (C=O) groups excluding carboxylic acids is 1. The number of rotatable bonds is 8. The average Bonchev–Trinajstić information content (AvgIpc) is 2.84. The van der Waals surface area contributed by atoms with Crippen molar-refractivity contribution >= 4 is 18.2 Å². The van der Waals surface area contributed by atoms with E-state index in [-0.39, 0.29) is 79.7 Å². The molecule has 0 heterocycles. The number of para-hydroxylation sites is 2. The van der Waals surface area contributed by atoms with Crippen LogP contribution < -0.4 is 19.7 Å². The van der Waals surface area contributed by atoms with E-state index in [1.165, 1.54) is 28.1 Å². The van der Waals surface area contributed by atoms with Gasteiger partial charge in [0.05, 0.1) is 29.5 Å². The number of methoxy groups -OCH3 is 2. The molecule has 2 rings (SSSR count). The molecule has 2 aromatic carbocycles. The van der Waals surface area contributed by atoms with Gasteiger partial charge < -0.3 is 70.4 Å². The predicted molar refractivity (Wildman–Crippen MR) is 151 cm³/mol. The van der Waals surface area contributed by atoms with Crippen LogP contribution in [-0.4, -0.2) is 60.8 Å². The first-order valence-corrected chi connectivity index (χ1v) is 11.4. The van der Waals surface area contributed by atoms with Gasteiger partial charge in [-0.15, -0.1) is 0 Å². The summed E-state index contributed by atoms with van der Waals surface area (Å²) in [5.74, 6) is 0.408. The van der Waals surface area contributed by atoms with Crippen LogP contribution in [0.2, 0.25) is 0 Å². The van der Waals surface area contributed by atoms with E-state index in [1.54, 1.807) is 48.8 Å². The number of ether oxygens (including phenoxy) is 2. The molecule has 251 valence electrons. The quantitative estimate of drug-likeness (QED) is 0.160. The number of hydrogen-bond donors (Lipinski definition) is 0. The van der Waals surface area contributed by atoms with Crippen molar-refractivity contribution in [1.29, 1.82) is 0 Å². The van der Waals surface area contributed by atoms with Crippen molar-refractivity contribution in [2.24, 2.45) is 15.4 Å². The fourth-order valence-electron chi connectivity index (χ4n) is 2.42. The molecular weight excluding hydrogens is 795 g/mol. The van der Waals surface area contributed by atoms with Crippen molar-refractivity contribution in [3.05, 3.63) is 93.5 Å². The van der Waals surface area contributed by atoms with Crippen molar-refractivity contribution < 1.29 is 96.8 Å². The van der Waals surface area contributed by atoms with E-state index in [9.17, 15) is 15.0 Å². The normalized spacial score (nSPS) is 9.38. The van der Waals surface area contributed by atoms with Crippen LogP contribution in [0.1, 0.15) is 38.8 Å². The van der Waals surface area contributed by atoms with Crippen LogP contribution in [0.4, 0.5) is 0 Å². The topological polar surface area (TPSA) is 305 Å². The number of hydrogen-bond acceptors (Lipinski definition) is 16. The molecule has 0 aromatic heterocycles. The van der Waals surface area contributed by atoms with Crippen LogP contribution in [0.5, 0.6) is 23.0 Å². The first kappa shape index (κ1) is 50.7. The second-order valence-electron chi connectivity index (χ2n) is 8.44. The predicted octanol–water partition coefficient (Wildman–Crippen LogP) is 2.29. The van der Waals surface area contributed by atoms with Crippen molar-refractivity contribution in [2.75, 3.05) is 27.3 Å². The average molecular weight is 826 g/mol. The van der Waals surface area contributed by atoms with Crippen LogP contribution in [0.15, 0.2) is 46.4 Å². The van der Waals surface area contributed by atoms with Crippen LogP contribution in [0.3, 0.4) is 0 Å². The maximum atomic E-state index is 12.1. The zero-order valence-corrected chi connectivity index (χ0v) is 28.1. The van der Waals surface area contributed by atoms with E-state index in [0.717, 1.165) is 0 Å². The molecule has 19 nitrogen and oxygen atoms in total. The van der Waals surface area contributed by atoms with E-state index in [1.807, 2.05) is 13.8 Å². The summed E-state index contributed by atoms with van der Waals surface area (Å²) in [5.41, 5.74) is 0.749. The van der Waals surface area contributed by atoms with E-state index in [4.69, 9.17) is 55.4 Å². The Morgan fingerprint density at radius 1 is 0.733 bits per heavy atom. The molecule has 0 aliphatic rings. The molecule has 45 heavy (non-hydrogen) atoms. The molecule has 0 fully saturated rings. The van der Waals surface area contributed by atoms with Crippen LogP contribution in [0, 0.1) is 91.3 Å². The van der Waals surface area contributed by atoms with Gasteiger partial charge in [0.15, 0.2) is 0 Å². The first-order valence-electron chi connectivity index (χ1n) is 11.4. The summed E-state index contributed by atoms with van der Waals surface area (Å²) in [5, 5.41) is 68.4. The Labute approximate surface area is 300 Å². The largest absolute Gasteiger partial charge is 3.00 e. The van der Waals surface area contributed by atoms with Crippen molar-refractivity contribution in [1.82, 2.24) is 0 Å². The number of nitrogens with zero attached hydrogens (tertiary/aromatic N) is 5. The maximum Gasteiger partial charge on any atom is 3.00 e. The number of carbonyl (C=O) groups is 1. The molecule has 0 atom stereocenters. The number of benzene rings is 2. The van der Waals surface area contributed by atoms with Crippen LogP contribution in [-0.2, 0) is 21.9 Å². The summed E-state index contributed by atoms with van der Waals surface area (Å²) in [6.07, 6.45) is 3.13. The third-order valence-corrected chi connectivity index (χ3v) is 3.96. The van der Waals surface area contributed by atoms with E-state index in [2.05, 4.69) is 9.98 Å². The van der Waals surface area contributed by atoms with E-state index >= 15 is 0 Å². The van der Waals surface area contributed by atoms with Gasteiger partial charge in [-0.1, -0.05) is 49.6 Å². The summed E-state index contributed by atoms with van der Waals surface area (Å²) in [4.78, 5) is 43.0. The van der Waals surface area contributed by atoms with Crippen molar-refractivity contribution in [3.63, 3.8) is 0 Å². The van der Waals surface area contributed by atoms with Gasteiger partial charge >= 0.3 is 57.0 Å². The fraction of sp³-hybridized carbons (Fsp3) is 0.375. The standard InChI is InChI=1S/C21H26N2O4.C3H6O.Fe.Gd.3NO3/c1-21(2,13-22-11-15-7-5-9-17(26-3)19(15)24)14-23-12-16-8-6-10-18(27-4)20(16)25;1-3(2)4;;;3*2-1(3)4/h5-12,24-25H,13-14H2,1-4H3;1-2H3;;;;;/q;;+3;+2;3*-1/p-2. The molecule has 2 aromatic rings. The molecule has 0 amide bonds. The van der Waals surface area contributed by atoms with Gasteiger partial charge in [0.2, 0.25) is 0 Å². The Balaban J connectivity index is -0.000000246. The summed E-state index contributed by atoms with van der Waals surface area (Å²) < 4.78 is 10.1. The third-order valence-electron chi connectivity index (χ3n) is 3.96. The third kappa shape index (κ3) is 32.8. The molecule has 0 saturated heterocycles. The SMILES string of the molecule is CC(C)=O.COc1cccc(C=NCC(C)(C)CN=Cc2cccc(OC)c2[O-])c1[O-].O=[N+]([O-])[O-].O=[N+]([O-])[O-].O=[N+]([O-])[O-].[Fe+3].[Gd+2]. The summed E-state index contributed by atoms with van der Waals surface area (Å²) in [6, 6.07) is 10.2. The van der Waals surface area contributed by atoms with Gasteiger partial charge in [-0.05, 0) is 37.1 Å². The summed E-state index contributed by atoms with van der Waals surface area (Å²) >= 11 is 0. The van der Waals surface area contributed by atoms with Gasteiger partial charge in [-0.2, -0.15) is 0 Å². The molecular formula is C24H30FeGdN5O14. The maximum absolute atomic E-state index is 12.1. The molecule has 0 unspecified atom stereocenters. The van der Waals surface area contributed by atoms with Gasteiger partial charge in [0.25, 0.3) is 0 Å². The Hall–Kier alpha value is -3.91. The van der Waals surface area contributed by atoms with Gasteiger partial charge in [0.1, 0.15) is 17.3 Å². The smallest absolute Gasteiger partial charge is 0.870 e. The van der Waals surface area contributed by atoms with E-state index in [0.29, 0.717) is 35.7 Å². The Kier molecular flexibility index (Phi) is 32.5. The van der Waals surface area contributed by atoms with E-state index < -0.39 is 15.3 Å². The van der Waals surface area contributed by atoms with Gasteiger partial charge in [-0.25, -0.2) is 0 Å². The molecule has 0 saturated carbocycles. The minimum Gasteiger partial charge on any atom is -0.870 e. The van der Waals surface area contributed by atoms with Crippen LogP contribution >= 0.6 is 0 Å². The fourth-order valence-corrected chi connectivity index (χ4v) is 2.42. The zero-order chi connectivity index (χ0) is 34.2. The zero-order valence-electron chi connectivity index (χ0n) is 24.7. The number of Topliss-reactive ketones (excluding diaryl/α,β-unsaturated/α-hetero) is 1. The summed E-state index contributed by atoms with van der Waals surface area (Å²) in [7, 11) is 2.93. The van der Waals surface area contributed by atoms with Gasteiger partial charge in [0, 0.05) is 30.9 Å². The van der Waals surface area contributed by atoms with Crippen molar-refractivity contribution in [3.8, 4) is 23.0 Å². The molecule has 0 bridgehead atoms. The Morgan fingerprint density at radius 2 is 0.978 bits per heavy atom. The molecule has 0 spiro atoms. The second kappa shape index (κ2) is 28.8. The minimum absolute atomic E-state index is 0. The monoisotopic (exact) mass is 826 g/mol. The number of aliphatic imine (C=N–C) groups is 2. The molecule has 1 radical (unpaired) electrons. The Bertz CT molecular complexity index is 1100. The molecule has 0 N–H and O–H groups in total. The second-order valence-corrected chi connectivity index (χ2v) is 8.44. The molecule has 21 heteroatoms. The molecule has 0 aliphatic heterocycles. The minimum atomic E-state index is -1.75. The van der Waals surface area contributed by atoms with Crippen LogP contribution in [0.25, 0.3) is 0 Å². The number of ketones is 1. The van der Waals surface area contributed by atoms with Crippen molar-refractivity contribution in [2.45, 2.75) is 27.7 Å². The molecule has 0 aliphatic carbocycles. The Morgan fingerprint density at radius 3 is 1.20 bits per heavy atom. The first-order chi connectivity index (χ1) is 19.8. The summed E-state index contributed by atoms with van der Waals surface area (Å²) in [6.45, 7) is 8.08. The van der Waals surface area contributed by atoms with Gasteiger partial charge in [-0.3, -0.25) is 9.98 Å².